The molecule has 0 aliphatic rings. The Bertz CT molecular complexity index is 516. The average Bonchev–Trinajstić information content (AvgIpc) is 2.29. The van der Waals surface area contributed by atoms with Crippen LogP contribution < -0.4 is 9.47 Å². The fraction of sp³-hybridized carbons (Fsp3) is 0.455. The molecule has 1 aromatic rings. The van der Waals surface area contributed by atoms with Crippen LogP contribution in [0, 0.1) is 0 Å². The van der Waals surface area contributed by atoms with Crippen molar-refractivity contribution in [3.8, 4) is 11.5 Å². The van der Waals surface area contributed by atoms with Gasteiger partial charge in [0.25, 0.3) is 0 Å². The molecule has 18 heavy (non-hydrogen) atoms. The van der Waals surface area contributed by atoms with Crippen molar-refractivity contribution in [2.75, 3.05) is 25.7 Å². The molecule has 0 fully saturated rings. The van der Waals surface area contributed by atoms with Gasteiger partial charge in [0.05, 0.1) is 17.3 Å². The Morgan fingerprint density at radius 3 is 2.56 bits per heavy atom. The van der Waals surface area contributed by atoms with E-state index in [2.05, 4.69) is 15.9 Å². The summed E-state index contributed by atoms with van der Waals surface area (Å²) in [7, 11) is -1.52. The molecule has 7 heteroatoms. The standard InChI is InChI=1S/C11H14BrClO4S/c1-16-10-6-8(7-13)5-9(12)11(10)17-3-4-18(2,14)15/h5-6H,3-4,7H2,1-2H3. The summed E-state index contributed by atoms with van der Waals surface area (Å²) in [6.45, 7) is 0.0774. The number of hydrogen-bond donors (Lipinski definition) is 0. The molecule has 0 saturated carbocycles. The summed E-state index contributed by atoms with van der Waals surface area (Å²) >= 11 is 9.10. The van der Waals surface area contributed by atoms with Crippen molar-refractivity contribution in [1.29, 1.82) is 0 Å². The SMILES string of the molecule is COc1cc(CCl)cc(Br)c1OCCS(C)(=O)=O. The summed E-state index contributed by atoms with van der Waals surface area (Å²) < 4.78 is 33.4. The molecule has 0 radical (unpaired) electrons. The summed E-state index contributed by atoms with van der Waals surface area (Å²) in [4.78, 5) is 0. The van der Waals surface area contributed by atoms with E-state index >= 15 is 0 Å². The van der Waals surface area contributed by atoms with E-state index in [9.17, 15) is 8.42 Å². The predicted molar refractivity (Wildman–Crippen MR) is 75.5 cm³/mol. The maximum Gasteiger partial charge on any atom is 0.175 e. The zero-order chi connectivity index (χ0) is 13.8. The number of alkyl halides is 1. The molecule has 0 aliphatic heterocycles. The molecular formula is C11H14BrClO4S. The van der Waals surface area contributed by atoms with E-state index in [0.29, 0.717) is 21.9 Å². The third-order valence-corrected chi connectivity index (χ3v) is 3.95. The molecule has 1 aromatic carbocycles. The smallest absolute Gasteiger partial charge is 0.175 e. The van der Waals surface area contributed by atoms with E-state index < -0.39 is 9.84 Å². The van der Waals surface area contributed by atoms with Gasteiger partial charge in [0, 0.05) is 12.1 Å². The van der Waals surface area contributed by atoms with E-state index in [-0.39, 0.29) is 12.4 Å². The number of sulfone groups is 1. The van der Waals surface area contributed by atoms with Crippen molar-refractivity contribution in [3.05, 3.63) is 22.2 Å². The number of ether oxygens (including phenoxy) is 2. The van der Waals surface area contributed by atoms with E-state index in [1.165, 1.54) is 13.4 Å². The van der Waals surface area contributed by atoms with Gasteiger partial charge >= 0.3 is 0 Å². The molecule has 0 bridgehead atoms. The molecule has 102 valence electrons. The number of rotatable bonds is 6. The van der Waals surface area contributed by atoms with Gasteiger partial charge in [-0.3, -0.25) is 0 Å². The molecule has 0 N–H and O–H groups in total. The second-order valence-corrected chi connectivity index (χ2v) is 7.10. The summed E-state index contributed by atoms with van der Waals surface area (Å²) in [6, 6.07) is 3.57. The van der Waals surface area contributed by atoms with Crippen molar-refractivity contribution in [1.82, 2.24) is 0 Å². The van der Waals surface area contributed by atoms with Gasteiger partial charge in [-0.2, -0.15) is 0 Å². The van der Waals surface area contributed by atoms with Crippen molar-refractivity contribution in [3.63, 3.8) is 0 Å². The van der Waals surface area contributed by atoms with Crippen LogP contribution in [-0.4, -0.2) is 34.1 Å². The summed E-state index contributed by atoms with van der Waals surface area (Å²) in [6.07, 6.45) is 1.17. The largest absolute Gasteiger partial charge is 0.493 e. The van der Waals surface area contributed by atoms with Crippen LogP contribution in [0.15, 0.2) is 16.6 Å². The molecule has 0 atom stereocenters. The number of methoxy groups -OCH3 is 1. The third-order valence-electron chi connectivity index (χ3n) is 2.14. The molecule has 0 amide bonds. The molecule has 0 heterocycles. The molecule has 0 spiro atoms. The molecule has 0 saturated heterocycles. The molecule has 0 unspecified atom stereocenters. The van der Waals surface area contributed by atoms with Crippen LogP contribution in [0.1, 0.15) is 5.56 Å². The lowest BCUT2D eigenvalue weighted by Crippen LogP contribution is -2.12. The van der Waals surface area contributed by atoms with Crippen LogP contribution in [0.5, 0.6) is 11.5 Å². The maximum absolute atomic E-state index is 11.0. The molecule has 0 aliphatic carbocycles. The topological polar surface area (TPSA) is 52.6 Å². The first-order valence-corrected chi connectivity index (χ1v) is 8.49. The lowest BCUT2D eigenvalue weighted by Gasteiger charge is -2.13. The zero-order valence-corrected chi connectivity index (χ0v) is 13.2. The van der Waals surface area contributed by atoms with Gasteiger partial charge in [-0.15, -0.1) is 11.6 Å². The van der Waals surface area contributed by atoms with Crippen LogP contribution in [0.25, 0.3) is 0 Å². The highest BCUT2D eigenvalue weighted by atomic mass is 79.9. The van der Waals surface area contributed by atoms with Crippen LogP contribution >= 0.6 is 27.5 Å². The van der Waals surface area contributed by atoms with Gasteiger partial charge in [0.15, 0.2) is 21.3 Å². The Balaban J connectivity index is 2.87. The van der Waals surface area contributed by atoms with Gasteiger partial charge in [-0.1, -0.05) is 0 Å². The van der Waals surface area contributed by atoms with Crippen molar-refractivity contribution in [2.45, 2.75) is 5.88 Å². The summed E-state index contributed by atoms with van der Waals surface area (Å²) in [5, 5.41) is 0. The monoisotopic (exact) mass is 356 g/mol. The van der Waals surface area contributed by atoms with Crippen molar-refractivity contribution < 1.29 is 17.9 Å². The maximum atomic E-state index is 11.0. The van der Waals surface area contributed by atoms with Gasteiger partial charge in [-0.05, 0) is 33.6 Å². The second kappa shape index (κ2) is 6.63. The molecular weight excluding hydrogens is 344 g/mol. The lowest BCUT2D eigenvalue weighted by molar-refractivity contribution is 0.309. The molecule has 1 rings (SSSR count). The van der Waals surface area contributed by atoms with Gasteiger partial charge in [-0.25, -0.2) is 8.42 Å². The van der Waals surface area contributed by atoms with Crippen molar-refractivity contribution in [2.24, 2.45) is 0 Å². The fourth-order valence-electron chi connectivity index (χ4n) is 1.29. The highest BCUT2D eigenvalue weighted by molar-refractivity contribution is 9.10. The lowest BCUT2D eigenvalue weighted by atomic mass is 10.2. The first-order valence-electron chi connectivity index (χ1n) is 5.10. The van der Waals surface area contributed by atoms with E-state index in [1.54, 1.807) is 6.07 Å². The first kappa shape index (κ1) is 15.6. The van der Waals surface area contributed by atoms with Gasteiger partial charge in [0.1, 0.15) is 6.61 Å². The van der Waals surface area contributed by atoms with E-state index in [1.807, 2.05) is 6.07 Å². The minimum absolute atomic E-state index is 0.0418. The van der Waals surface area contributed by atoms with Crippen LogP contribution in [0.4, 0.5) is 0 Å². The normalized spacial score (nSPS) is 11.3. The minimum Gasteiger partial charge on any atom is -0.493 e. The van der Waals surface area contributed by atoms with Gasteiger partial charge < -0.3 is 9.47 Å². The van der Waals surface area contributed by atoms with Crippen LogP contribution in [0.3, 0.4) is 0 Å². The Hall–Kier alpha value is -0.460. The average molecular weight is 358 g/mol. The quantitative estimate of drug-likeness (QED) is 0.734. The Morgan fingerprint density at radius 1 is 1.39 bits per heavy atom. The highest BCUT2D eigenvalue weighted by Gasteiger charge is 2.12. The van der Waals surface area contributed by atoms with Crippen LogP contribution in [-0.2, 0) is 15.7 Å². The number of hydrogen-bond acceptors (Lipinski definition) is 4. The van der Waals surface area contributed by atoms with Crippen molar-refractivity contribution >= 4 is 37.4 Å². The first-order chi connectivity index (χ1) is 8.37. The van der Waals surface area contributed by atoms with E-state index in [0.717, 1.165) is 5.56 Å². The second-order valence-electron chi connectivity index (χ2n) is 3.72. The highest BCUT2D eigenvalue weighted by Crippen LogP contribution is 2.37. The van der Waals surface area contributed by atoms with E-state index in [4.69, 9.17) is 21.1 Å². The Morgan fingerprint density at radius 2 is 2.06 bits per heavy atom. The fourth-order valence-corrected chi connectivity index (χ4v) is 2.43. The Labute approximate surface area is 120 Å². The summed E-state index contributed by atoms with van der Waals surface area (Å²) in [5.41, 5.74) is 0.885. The summed E-state index contributed by atoms with van der Waals surface area (Å²) in [5.74, 6) is 1.32. The zero-order valence-electron chi connectivity index (χ0n) is 10.1. The minimum atomic E-state index is -3.04. The van der Waals surface area contributed by atoms with Crippen LogP contribution in [0.2, 0.25) is 0 Å². The molecule has 0 aromatic heterocycles. The number of halogens is 2. The van der Waals surface area contributed by atoms with Gasteiger partial charge in [0.2, 0.25) is 0 Å². The molecule has 4 nitrogen and oxygen atoms in total. The Kier molecular flexibility index (Phi) is 5.75. The third kappa shape index (κ3) is 4.66. The predicted octanol–water partition coefficient (Wildman–Crippen LogP) is 2.62. The number of benzene rings is 1.